The van der Waals surface area contributed by atoms with Crippen LogP contribution in [0.5, 0.6) is 5.75 Å². The standard InChI is InChI=1S/C13H11F3OSi/c14-13(15,16)18(12-9-5-2-6-10-12)17-11-7-3-1-4-8-11/h1-10,18H. The van der Waals surface area contributed by atoms with Crippen molar-refractivity contribution in [1.82, 2.24) is 0 Å². The maximum Gasteiger partial charge on any atom is 0.402 e. The Morgan fingerprint density at radius 3 is 1.78 bits per heavy atom. The molecule has 18 heavy (non-hydrogen) atoms. The van der Waals surface area contributed by atoms with Gasteiger partial charge in [-0.3, -0.25) is 0 Å². The van der Waals surface area contributed by atoms with Crippen LogP contribution in [-0.4, -0.2) is 14.8 Å². The summed E-state index contributed by atoms with van der Waals surface area (Å²) < 4.78 is 44.3. The topological polar surface area (TPSA) is 9.23 Å². The van der Waals surface area contributed by atoms with Gasteiger partial charge < -0.3 is 4.43 Å². The van der Waals surface area contributed by atoms with Crippen LogP contribution in [0.1, 0.15) is 0 Å². The first-order valence-electron chi connectivity index (χ1n) is 5.41. The third-order valence-corrected chi connectivity index (χ3v) is 4.49. The second-order valence-corrected chi connectivity index (χ2v) is 6.08. The lowest BCUT2D eigenvalue weighted by atomic mass is 10.3. The minimum Gasteiger partial charge on any atom is -0.532 e. The van der Waals surface area contributed by atoms with Gasteiger partial charge in [-0.25, -0.2) is 0 Å². The van der Waals surface area contributed by atoms with E-state index in [0.717, 1.165) is 0 Å². The van der Waals surface area contributed by atoms with E-state index in [2.05, 4.69) is 0 Å². The fraction of sp³-hybridized carbons (Fsp3) is 0.0769. The van der Waals surface area contributed by atoms with Crippen LogP contribution in [0.2, 0.25) is 0 Å². The summed E-state index contributed by atoms with van der Waals surface area (Å²) in [5, 5.41) is 0.230. The average Bonchev–Trinajstić information content (AvgIpc) is 2.37. The van der Waals surface area contributed by atoms with E-state index in [1.807, 2.05) is 0 Å². The quantitative estimate of drug-likeness (QED) is 0.778. The lowest BCUT2D eigenvalue weighted by Gasteiger charge is -2.20. The number of benzene rings is 2. The molecule has 0 radical (unpaired) electrons. The summed E-state index contributed by atoms with van der Waals surface area (Å²) in [6, 6.07) is 15.9. The predicted molar refractivity (Wildman–Crippen MR) is 66.4 cm³/mol. The third-order valence-electron chi connectivity index (χ3n) is 2.40. The highest BCUT2D eigenvalue weighted by Gasteiger charge is 2.46. The Morgan fingerprint density at radius 1 is 0.778 bits per heavy atom. The number of hydrogen-bond donors (Lipinski definition) is 0. The summed E-state index contributed by atoms with van der Waals surface area (Å²) in [6.45, 7) is 0. The molecule has 2 rings (SSSR count). The molecule has 0 saturated carbocycles. The van der Waals surface area contributed by atoms with Crippen LogP contribution in [0, 0.1) is 0 Å². The molecule has 1 unspecified atom stereocenters. The summed E-state index contributed by atoms with van der Waals surface area (Å²) in [6.07, 6.45) is 0. The van der Waals surface area contributed by atoms with Crippen molar-refractivity contribution < 1.29 is 17.6 Å². The molecule has 1 atom stereocenters. The molecular weight excluding hydrogens is 257 g/mol. The zero-order chi connectivity index (χ0) is 13.0. The van der Waals surface area contributed by atoms with Gasteiger partial charge in [0.05, 0.1) is 0 Å². The fourth-order valence-corrected chi connectivity index (χ4v) is 3.24. The van der Waals surface area contributed by atoms with Gasteiger partial charge in [-0.15, -0.1) is 0 Å². The number of rotatable bonds is 3. The zero-order valence-corrected chi connectivity index (χ0v) is 10.5. The minimum absolute atomic E-state index is 0.230. The molecule has 0 N–H and O–H groups in total. The van der Waals surface area contributed by atoms with E-state index >= 15 is 0 Å². The third kappa shape index (κ3) is 3.13. The second kappa shape index (κ2) is 5.26. The molecule has 0 saturated heterocycles. The van der Waals surface area contributed by atoms with Gasteiger partial charge in [0.25, 0.3) is 0 Å². The van der Waals surface area contributed by atoms with Gasteiger partial charge in [-0.2, -0.15) is 13.2 Å². The van der Waals surface area contributed by atoms with E-state index in [9.17, 15) is 13.2 Å². The molecule has 0 aromatic heterocycles. The van der Waals surface area contributed by atoms with Crippen LogP contribution in [0.15, 0.2) is 60.7 Å². The Balaban J connectivity index is 2.28. The SMILES string of the molecule is FC(F)(F)[SiH](Oc1ccccc1)c1ccccc1. The zero-order valence-electron chi connectivity index (χ0n) is 9.39. The molecule has 0 fully saturated rings. The van der Waals surface area contributed by atoms with Crippen molar-refractivity contribution >= 4 is 14.2 Å². The normalized spacial score (nSPS) is 13.1. The molecule has 0 heterocycles. The van der Waals surface area contributed by atoms with Crippen molar-refractivity contribution in [3.63, 3.8) is 0 Å². The molecule has 2 aromatic rings. The van der Waals surface area contributed by atoms with E-state index in [1.165, 1.54) is 24.3 Å². The second-order valence-electron chi connectivity index (χ2n) is 3.76. The molecule has 1 nitrogen and oxygen atoms in total. The van der Waals surface area contributed by atoms with Gasteiger partial charge in [-0.1, -0.05) is 48.5 Å². The summed E-state index contributed by atoms with van der Waals surface area (Å²) in [4.78, 5) is 0. The molecule has 0 spiro atoms. The van der Waals surface area contributed by atoms with Gasteiger partial charge in [0.1, 0.15) is 5.75 Å². The van der Waals surface area contributed by atoms with Crippen molar-refractivity contribution in [3.8, 4) is 5.75 Å². The number of para-hydroxylation sites is 1. The van der Waals surface area contributed by atoms with Gasteiger partial charge in [-0.05, 0) is 17.3 Å². The summed E-state index contributed by atoms with van der Waals surface area (Å²) in [5.41, 5.74) is 0. The van der Waals surface area contributed by atoms with Crippen LogP contribution in [0.3, 0.4) is 0 Å². The van der Waals surface area contributed by atoms with E-state index in [-0.39, 0.29) is 10.9 Å². The summed E-state index contributed by atoms with van der Waals surface area (Å²) in [5.74, 6) is -4.05. The lowest BCUT2D eigenvalue weighted by Crippen LogP contribution is -2.49. The first-order valence-corrected chi connectivity index (χ1v) is 7.03. The first kappa shape index (κ1) is 12.7. The van der Waals surface area contributed by atoms with Crippen LogP contribution in [0.4, 0.5) is 13.2 Å². The van der Waals surface area contributed by atoms with Crippen LogP contribution in [0.25, 0.3) is 0 Å². The van der Waals surface area contributed by atoms with Gasteiger partial charge in [0.15, 0.2) is 0 Å². The molecule has 0 bridgehead atoms. The van der Waals surface area contributed by atoms with Crippen LogP contribution < -0.4 is 9.61 Å². The van der Waals surface area contributed by atoms with E-state index in [0.29, 0.717) is 0 Å². The molecule has 94 valence electrons. The van der Waals surface area contributed by atoms with Gasteiger partial charge in [0, 0.05) is 0 Å². The van der Waals surface area contributed by atoms with Crippen LogP contribution >= 0.6 is 0 Å². The molecule has 0 aliphatic carbocycles. The Kier molecular flexibility index (Phi) is 3.71. The first-order chi connectivity index (χ1) is 8.57. The molecule has 0 amide bonds. The van der Waals surface area contributed by atoms with Gasteiger partial charge >= 0.3 is 14.8 Å². The molecule has 5 heteroatoms. The highest BCUT2D eigenvalue weighted by Crippen LogP contribution is 2.22. The smallest absolute Gasteiger partial charge is 0.402 e. The monoisotopic (exact) mass is 268 g/mol. The molecule has 2 aromatic carbocycles. The average molecular weight is 268 g/mol. The van der Waals surface area contributed by atoms with Crippen molar-refractivity contribution in [3.05, 3.63) is 60.7 Å². The maximum atomic E-state index is 13.0. The highest BCUT2D eigenvalue weighted by molar-refractivity contribution is 6.69. The number of alkyl halides is 3. The van der Waals surface area contributed by atoms with Crippen molar-refractivity contribution in [2.75, 3.05) is 0 Å². The molecule has 0 aliphatic heterocycles. The van der Waals surface area contributed by atoms with E-state index in [4.69, 9.17) is 4.43 Å². The Labute approximate surface area is 105 Å². The minimum atomic E-state index is -4.31. The highest BCUT2D eigenvalue weighted by atomic mass is 28.3. The lowest BCUT2D eigenvalue weighted by molar-refractivity contribution is -0.0585. The number of halogens is 3. The van der Waals surface area contributed by atoms with Crippen molar-refractivity contribution in [1.29, 1.82) is 0 Å². The predicted octanol–water partition coefficient (Wildman–Crippen LogP) is 2.80. The fourth-order valence-electron chi connectivity index (χ4n) is 1.59. The molecule has 0 aliphatic rings. The Morgan fingerprint density at radius 2 is 1.28 bits per heavy atom. The Bertz CT molecular complexity index is 485. The molecular formula is C13H11F3OSi. The van der Waals surface area contributed by atoms with Crippen LogP contribution in [-0.2, 0) is 0 Å². The Hall–Kier alpha value is -1.75. The maximum absolute atomic E-state index is 13.0. The number of hydrogen-bond acceptors (Lipinski definition) is 1. The van der Waals surface area contributed by atoms with E-state index in [1.54, 1.807) is 36.4 Å². The summed E-state index contributed by atoms with van der Waals surface area (Å²) >= 11 is 0. The van der Waals surface area contributed by atoms with E-state index < -0.39 is 14.8 Å². The summed E-state index contributed by atoms with van der Waals surface area (Å²) in [7, 11) is -3.51. The van der Waals surface area contributed by atoms with Crippen molar-refractivity contribution in [2.45, 2.75) is 5.80 Å². The van der Waals surface area contributed by atoms with Crippen molar-refractivity contribution in [2.24, 2.45) is 0 Å². The largest absolute Gasteiger partial charge is 0.532 e. The van der Waals surface area contributed by atoms with Gasteiger partial charge in [0.2, 0.25) is 0 Å².